The van der Waals surface area contributed by atoms with Crippen molar-refractivity contribution in [3.05, 3.63) is 39.6 Å². The predicted octanol–water partition coefficient (Wildman–Crippen LogP) is 3.23. The molecule has 1 aromatic carbocycles. The van der Waals surface area contributed by atoms with Gasteiger partial charge >= 0.3 is 0 Å². The summed E-state index contributed by atoms with van der Waals surface area (Å²) in [5.41, 5.74) is 1.89. The SMILES string of the molecule is COc1ccc(Br)cc1C1SCCN1S(=O)(=O)c1c(C)n[nH]c1C. The molecule has 1 aliphatic heterocycles. The maximum atomic E-state index is 13.2. The van der Waals surface area contributed by atoms with E-state index < -0.39 is 10.0 Å². The van der Waals surface area contributed by atoms with Crippen LogP contribution >= 0.6 is 27.7 Å². The van der Waals surface area contributed by atoms with E-state index in [1.165, 1.54) is 4.31 Å². The van der Waals surface area contributed by atoms with Gasteiger partial charge in [0.25, 0.3) is 0 Å². The molecule has 2 heterocycles. The highest BCUT2D eigenvalue weighted by molar-refractivity contribution is 9.10. The molecule has 1 atom stereocenters. The minimum absolute atomic E-state index is 0.268. The maximum absolute atomic E-state index is 13.2. The van der Waals surface area contributed by atoms with E-state index in [0.29, 0.717) is 23.7 Å². The third kappa shape index (κ3) is 2.98. The smallest absolute Gasteiger partial charge is 0.248 e. The topological polar surface area (TPSA) is 75.3 Å². The average molecular weight is 432 g/mol. The normalized spacial score (nSPS) is 18.9. The number of aryl methyl sites for hydroxylation is 2. The highest BCUT2D eigenvalue weighted by Gasteiger charge is 2.40. The first-order valence-electron chi connectivity index (χ1n) is 7.34. The third-order valence-corrected chi connectivity index (χ3v) is 7.93. The fraction of sp³-hybridized carbons (Fsp3) is 0.400. The number of hydrogen-bond acceptors (Lipinski definition) is 5. The molecule has 2 aromatic rings. The summed E-state index contributed by atoms with van der Waals surface area (Å²) < 4.78 is 34.3. The number of halogens is 1. The van der Waals surface area contributed by atoms with E-state index in [9.17, 15) is 8.42 Å². The first-order chi connectivity index (χ1) is 11.4. The van der Waals surface area contributed by atoms with Crippen LogP contribution in [0.5, 0.6) is 5.75 Å². The van der Waals surface area contributed by atoms with Crippen molar-refractivity contribution in [2.45, 2.75) is 24.1 Å². The fourth-order valence-electron chi connectivity index (χ4n) is 2.88. The number of ether oxygens (including phenoxy) is 1. The zero-order chi connectivity index (χ0) is 17.5. The van der Waals surface area contributed by atoms with Crippen LogP contribution in [-0.2, 0) is 10.0 Å². The quantitative estimate of drug-likeness (QED) is 0.803. The number of rotatable bonds is 4. The molecule has 0 bridgehead atoms. The summed E-state index contributed by atoms with van der Waals surface area (Å²) in [6.45, 7) is 3.89. The van der Waals surface area contributed by atoms with E-state index in [1.807, 2.05) is 18.2 Å². The zero-order valence-corrected chi connectivity index (χ0v) is 16.8. The summed E-state index contributed by atoms with van der Waals surface area (Å²) in [5.74, 6) is 1.41. The molecule has 1 unspecified atom stereocenters. The monoisotopic (exact) mass is 431 g/mol. The van der Waals surface area contributed by atoms with Crippen molar-refractivity contribution in [1.82, 2.24) is 14.5 Å². The molecule has 1 saturated heterocycles. The molecule has 9 heteroatoms. The number of hydrogen-bond donors (Lipinski definition) is 1. The first-order valence-corrected chi connectivity index (χ1v) is 10.6. The Morgan fingerprint density at radius 2 is 2.17 bits per heavy atom. The number of aromatic nitrogens is 2. The van der Waals surface area contributed by atoms with Crippen molar-refractivity contribution in [2.24, 2.45) is 0 Å². The number of aromatic amines is 1. The number of nitrogens with zero attached hydrogens (tertiary/aromatic N) is 2. The number of methoxy groups -OCH3 is 1. The number of nitrogens with one attached hydrogen (secondary N) is 1. The molecule has 1 fully saturated rings. The van der Waals surface area contributed by atoms with Crippen LogP contribution in [0.4, 0.5) is 0 Å². The fourth-order valence-corrected chi connectivity index (χ4v) is 6.84. The van der Waals surface area contributed by atoms with Crippen molar-refractivity contribution in [1.29, 1.82) is 0 Å². The van der Waals surface area contributed by atoms with Crippen molar-refractivity contribution in [2.75, 3.05) is 19.4 Å². The van der Waals surface area contributed by atoms with E-state index in [4.69, 9.17) is 4.74 Å². The first kappa shape index (κ1) is 17.8. The maximum Gasteiger partial charge on any atom is 0.248 e. The average Bonchev–Trinajstić information content (AvgIpc) is 3.14. The van der Waals surface area contributed by atoms with Crippen LogP contribution in [0, 0.1) is 13.8 Å². The number of benzene rings is 1. The lowest BCUT2D eigenvalue weighted by Gasteiger charge is -2.25. The second-order valence-corrected chi connectivity index (χ2v) is 9.42. The molecular formula is C15H18BrN3O3S2. The molecule has 1 aromatic heterocycles. The number of sulfonamides is 1. The molecule has 3 rings (SSSR count). The van der Waals surface area contributed by atoms with Gasteiger partial charge in [0.15, 0.2) is 0 Å². The standard InChI is InChI=1S/C15H18BrN3O3S2/c1-9-14(10(2)18-17-9)24(20,21)19-6-7-23-15(19)12-8-11(16)4-5-13(12)22-3/h4-5,8,15H,6-7H2,1-3H3,(H,17,18). The molecule has 130 valence electrons. The van der Waals surface area contributed by atoms with Gasteiger partial charge in [0, 0.05) is 22.3 Å². The van der Waals surface area contributed by atoms with E-state index in [2.05, 4.69) is 26.1 Å². The largest absolute Gasteiger partial charge is 0.496 e. The van der Waals surface area contributed by atoms with Gasteiger partial charge in [-0.1, -0.05) is 15.9 Å². The second-order valence-electron chi connectivity index (χ2n) is 5.49. The van der Waals surface area contributed by atoms with E-state index >= 15 is 0 Å². The van der Waals surface area contributed by atoms with Crippen molar-refractivity contribution in [3.63, 3.8) is 0 Å². The zero-order valence-electron chi connectivity index (χ0n) is 13.5. The van der Waals surface area contributed by atoms with Gasteiger partial charge in [-0.15, -0.1) is 11.8 Å². The molecule has 0 spiro atoms. The van der Waals surface area contributed by atoms with Crippen LogP contribution in [0.3, 0.4) is 0 Å². The van der Waals surface area contributed by atoms with Crippen LogP contribution < -0.4 is 4.74 Å². The summed E-state index contributed by atoms with van der Waals surface area (Å²) in [4.78, 5) is 0.268. The molecule has 0 saturated carbocycles. The van der Waals surface area contributed by atoms with Gasteiger partial charge in [-0.3, -0.25) is 5.10 Å². The highest BCUT2D eigenvalue weighted by atomic mass is 79.9. The van der Waals surface area contributed by atoms with Gasteiger partial charge in [-0.2, -0.15) is 9.40 Å². The van der Waals surface area contributed by atoms with Crippen LogP contribution in [0.1, 0.15) is 22.3 Å². The van der Waals surface area contributed by atoms with Crippen LogP contribution in [-0.4, -0.2) is 42.3 Å². The van der Waals surface area contributed by atoms with Gasteiger partial charge in [0.05, 0.1) is 23.9 Å². The molecule has 0 radical (unpaired) electrons. The Morgan fingerprint density at radius 3 is 2.79 bits per heavy atom. The highest BCUT2D eigenvalue weighted by Crippen LogP contribution is 2.45. The lowest BCUT2D eigenvalue weighted by molar-refractivity contribution is 0.390. The molecular weight excluding hydrogens is 414 g/mol. The lowest BCUT2D eigenvalue weighted by Crippen LogP contribution is -2.31. The minimum Gasteiger partial charge on any atom is -0.496 e. The molecule has 24 heavy (non-hydrogen) atoms. The predicted molar refractivity (Wildman–Crippen MR) is 97.8 cm³/mol. The van der Waals surface area contributed by atoms with Crippen LogP contribution in [0.25, 0.3) is 0 Å². The van der Waals surface area contributed by atoms with Gasteiger partial charge in [0.2, 0.25) is 10.0 Å². The van der Waals surface area contributed by atoms with Crippen LogP contribution in [0.15, 0.2) is 27.6 Å². The van der Waals surface area contributed by atoms with Crippen molar-refractivity contribution >= 4 is 37.7 Å². The summed E-state index contributed by atoms with van der Waals surface area (Å²) >= 11 is 5.05. The third-order valence-electron chi connectivity index (χ3n) is 3.93. The summed E-state index contributed by atoms with van der Waals surface area (Å²) in [5, 5.41) is 6.46. The number of H-pyrrole nitrogens is 1. The molecule has 1 N–H and O–H groups in total. The Balaban J connectivity index is 2.08. The van der Waals surface area contributed by atoms with Crippen LogP contribution in [0.2, 0.25) is 0 Å². The van der Waals surface area contributed by atoms with Gasteiger partial charge in [-0.25, -0.2) is 8.42 Å². The molecule has 0 amide bonds. The Kier molecular flexibility index (Phi) is 4.96. The Labute approximate surface area is 154 Å². The van der Waals surface area contributed by atoms with Gasteiger partial charge < -0.3 is 4.74 Å². The second kappa shape index (κ2) is 6.70. The Morgan fingerprint density at radius 1 is 1.42 bits per heavy atom. The Bertz CT molecular complexity index is 847. The Hall–Kier alpha value is -1.03. The van der Waals surface area contributed by atoms with Gasteiger partial charge in [-0.05, 0) is 32.0 Å². The molecule has 6 nitrogen and oxygen atoms in total. The summed E-state index contributed by atoms with van der Waals surface area (Å²) in [6, 6.07) is 5.64. The van der Waals surface area contributed by atoms with Crippen molar-refractivity contribution < 1.29 is 13.2 Å². The van der Waals surface area contributed by atoms with E-state index in [1.54, 1.807) is 32.7 Å². The van der Waals surface area contributed by atoms with Gasteiger partial charge in [0.1, 0.15) is 10.6 Å². The molecule has 0 aliphatic carbocycles. The van der Waals surface area contributed by atoms with Crippen molar-refractivity contribution in [3.8, 4) is 5.75 Å². The lowest BCUT2D eigenvalue weighted by atomic mass is 10.2. The number of thioether (sulfide) groups is 1. The summed E-state index contributed by atoms with van der Waals surface area (Å²) in [6.07, 6.45) is 0. The minimum atomic E-state index is -3.64. The summed E-state index contributed by atoms with van der Waals surface area (Å²) in [7, 11) is -2.05. The molecule has 1 aliphatic rings. The van der Waals surface area contributed by atoms with E-state index in [-0.39, 0.29) is 10.3 Å². The van der Waals surface area contributed by atoms with E-state index in [0.717, 1.165) is 15.8 Å².